The van der Waals surface area contributed by atoms with Gasteiger partial charge in [0.2, 0.25) is 5.88 Å². The summed E-state index contributed by atoms with van der Waals surface area (Å²) in [7, 11) is 3.13. The number of benzene rings is 2. The molecule has 0 N–H and O–H groups in total. The number of hydrogen-bond acceptors (Lipinski definition) is 7. The number of rotatable bonds is 7. The summed E-state index contributed by atoms with van der Waals surface area (Å²) in [5, 5.41) is 1.03. The van der Waals surface area contributed by atoms with Crippen LogP contribution < -0.4 is 19.1 Å². The molecule has 8 nitrogen and oxygen atoms in total. The topological polar surface area (TPSA) is 83.0 Å². The third kappa shape index (κ3) is 5.12. The molecule has 3 aromatic rings. The largest absolute Gasteiger partial charge is 0.493 e. The van der Waals surface area contributed by atoms with Crippen LogP contribution in [0.1, 0.15) is 39.0 Å². The van der Waals surface area contributed by atoms with Gasteiger partial charge >= 0.3 is 6.09 Å². The first-order chi connectivity index (χ1) is 16.5. The maximum absolute atomic E-state index is 12.8. The summed E-state index contributed by atoms with van der Waals surface area (Å²) in [5.41, 5.74) is 1.21. The normalized spacial score (nSPS) is 14.0. The van der Waals surface area contributed by atoms with Crippen LogP contribution in [0, 0.1) is 0 Å². The molecule has 180 valence electrons. The van der Waals surface area contributed by atoms with E-state index in [-0.39, 0.29) is 12.2 Å². The number of carbonyl (C=O) groups excluding carboxylic acids is 1. The van der Waals surface area contributed by atoms with Crippen LogP contribution in [0.15, 0.2) is 36.7 Å². The minimum atomic E-state index is -0.382. The minimum Gasteiger partial charge on any atom is -0.493 e. The number of hydrogen-bond donors (Lipinski definition) is 0. The summed E-state index contributed by atoms with van der Waals surface area (Å²) < 4.78 is 22.5. The first kappa shape index (κ1) is 23.9. The SMILES string of the molecule is CCN(C(=O)OC1CCCCC1)c1ccc(Oc2ncnc3cc(OC)c(OC)cc23)cc1Cl. The van der Waals surface area contributed by atoms with Crippen LogP contribution in [0.2, 0.25) is 5.02 Å². The molecule has 1 aromatic heterocycles. The van der Waals surface area contributed by atoms with Crippen LogP contribution in [0.4, 0.5) is 10.5 Å². The lowest BCUT2D eigenvalue weighted by molar-refractivity contribution is 0.0810. The molecule has 1 fully saturated rings. The zero-order valence-corrected chi connectivity index (χ0v) is 20.3. The maximum Gasteiger partial charge on any atom is 0.414 e. The van der Waals surface area contributed by atoms with E-state index in [1.807, 2.05) is 6.92 Å². The van der Waals surface area contributed by atoms with Gasteiger partial charge in [-0.1, -0.05) is 18.0 Å². The summed E-state index contributed by atoms with van der Waals surface area (Å²) in [6.45, 7) is 2.32. The van der Waals surface area contributed by atoms with Crippen LogP contribution in [0.5, 0.6) is 23.1 Å². The molecule has 34 heavy (non-hydrogen) atoms. The summed E-state index contributed by atoms with van der Waals surface area (Å²) in [4.78, 5) is 22.9. The van der Waals surface area contributed by atoms with Gasteiger partial charge < -0.3 is 18.9 Å². The van der Waals surface area contributed by atoms with E-state index in [0.717, 1.165) is 25.7 Å². The smallest absolute Gasteiger partial charge is 0.414 e. The molecule has 0 atom stereocenters. The van der Waals surface area contributed by atoms with E-state index in [4.69, 9.17) is 30.5 Å². The molecule has 0 unspecified atom stereocenters. The van der Waals surface area contributed by atoms with E-state index in [2.05, 4.69) is 9.97 Å². The monoisotopic (exact) mass is 485 g/mol. The number of anilines is 1. The van der Waals surface area contributed by atoms with Crippen molar-refractivity contribution in [2.45, 2.75) is 45.1 Å². The van der Waals surface area contributed by atoms with Gasteiger partial charge in [-0.25, -0.2) is 14.8 Å². The van der Waals surface area contributed by atoms with Crippen LogP contribution in [0.25, 0.3) is 10.9 Å². The number of aromatic nitrogens is 2. The van der Waals surface area contributed by atoms with Crippen molar-refractivity contribution in [2.24, 2.45) is 0 Å². The summed E-state index contributed by atoms with van der Waals surface area (Å²) in [6.07, 6.45) is 6.20. The molecule has 0 bridgehead atoms. The Morgan fingerprint density at radius 1 is 1.06 bits per heavy atom. The fourth-order valence-electron chi connectivity index (χ4n) is 4.11. The van der Waals surface area contributed by atoms with Crippen molar-refractivity contribution < 1.29 is 23.7 Å². The molecule has 0 saturated heterocycles. The Morgan fingerprint density at radius 3 is 2.47 bits per heavy atom. The van der Waals surface area contributed by atoms with Crippen molar-refractivity contribution in [1.29, 1.82) is 0 Å². The molecular formula is C25H28ClN3O5. The molecule has 1 aliphatic rings. The molecule has 0 spiro atoms. The Kier molecular flexibility index (Phi) is 7.57. The molecule has 1 saturated carbocycles. The molecule has 4 rings (SSSR count). The van der Waals surface area contributed by atoms with Crippen molar-refractivity contribution in [1.82, 2.24) is 9.97 Å². The molecule has 1 heterocycles. The summed E-state index contributed by atoms with van der Waals surface area (Å²) >= 11 is 6.56. The van der Waals surface area contributed by atoms with Gasteiger partial charge in [0.15, 0.2) is 11.5 Å². The van der Waals surface area contributed by atoms with Crippen molar-refractivity contribution in [3.8, 4) is 23.1 Å². The number of fused-ring (bicyclic) bond motifs is 1. The second-order valence-electron chi connectivity index (χ2n) is 8.01. The molecular weight excluding hydrogens is 458 g/mol. The van der Waals surface area contributed by atoms with Crippen molar-refractivity contribution in [3.63, 3.8) is 0 Å². The van der Waals surface area contributed by atoms with Gasteiger partial charge in [-0.3, -0.25) is 4.90 Å². The lowest BCUT2D eigenvalue weighted by atomic mass is 9.98. The van der Waals surface area contributed by atoms with Crippen LogP contribution >= 0.6 is 11.6 Å². The van der Waals surface area contributed by atoms with Crippen molar-refractivity contribution in [2.75, 3.05) is 25.7 Å². The van der Waals surface area contributed by atoms with Crippen LogP contribution in [-0.2, 0) is 4.74 Å². The Labute approximate surface area is 203 Å². The Morgan fingerprint density at radius 2 is 1.79 bits per heavy atom. The lowest BCUT2D eigenvalue weighted by Crippen LogP contribution is -2.35. The van der Waals surface area contributed by atoms with E-state index in [9.17, 15) is 4.79 Å². The quantitative estimate of drug-likeness (QED) is 0.383. The van der Waals surface area contributed by atoms with Crippen molar-refractivity contribution >= 4 is 34.3 Å². The number of ether oxygens (including phenoxy) is 4. The fourth-order valence-corrected chi connectivity index (χ4v) is 4.38. The molecule has 0 radical (unpaired) electrons. The molecule has 1 amide bonds. The standard InChI is InChI=1S/C25H28ClN3O5/c1-4-29(25(30)34-16-8-6-5-7-9-16)21-11-10-17(12-19(21)26)33-24-18-13-22(31-2)23(32-3)14-20(18)27-15-28-24/h10-16H,4-9H2,1-3H3. The van der Waals surface area contributed by atoms with E-state index in [1.54, 1.807) is 44.6 Å². The minimum absolute atomic E-state index is 0.0293. The molecule has 2 aromatic carbocycles. The summed E-state index contributed by atoms with van der Waals surface area (Å²) in [6, 6.07) is 8.67. The second-order valence-corrected chi connectivity index (χ2v) is 8.41. The number of nitrogens with zero attached hydrogens (tertiary/aromatic N) is 3. The fraction of sp³-hybridized carbons (Fsp3) is 0.400. The van der Waals surface area contributed by atoms with Crippen LogP contribution in [-0.4, -0.2) is 42.9 Å². The highest BCUT2D eigenvalue weighted by Crippen LogP contribution is 2.37. The first-order valence-corrected chi connectivity index (χ1v) is 11.7. The Hall–Kier alpha value is -3.26. The number of methoxy groups -OCH3 is 2. The highest BCUT2D eigenvalue weighted by molar-refractivity contribution is 6.33. The van der Waals surface area contributed by atoms with Gasteiger partial charge in [-0.05, 0) is 50.8 Å². The van der Waals surface area contributed by atoms with Gasteiger partial charge in [0.05, 0.1) is 35.8 Å². The Balaban J connectivity index is 1.56. The third-order valence-corrected chi connectivity index (χ3v) is 6.19. The zero-order chi connectivity index (χ0) is 24.1. The number of halogens is 1. The van der Waals surface area contributed by atoms with Gasteiger partial charge in [-0.2, -0.15) is 0 Å². The third-order valence-electron chi connectivity index (χ3n) is 5.88. The number of amides is 1. The highest BCUT2D eigenvalue weighted by Gasteiger charge is 2.24. The average Bonchev–Trinajstić information content (AvgIpc) is 2.85. The predicted molar refractivity (Wildman–Crippen MR) is 131 cm³/mol. The van der Waals surface area contributed by atoms with E-state index < -0.39 is 0 Å². The van der Waals surface area contributed by atoms with Gasteiger partial charge in [0, 0.05) is 18.7 Å². The van der Waals surface area contributed by atoms with Gasteiger partial charge in [0.25, 0.3) is 0 Å². The maximum atomic E-state index is 12.8. The molecule has 0 aliphatic heterocycles. The van der Waals surface area contributed by atoms with Crippen molar-refractivity contribution in [3.05, 3.63) is 41.7 Å². The van der Waals surface area contributed by atoms with E-state index in [1.165, 1.54) is 17.6 Å². The van der Waals surface area contributed by atoms with E-state index >= 15 is 0 Å². The lowest BCUT2D eigenvalue weighted by Gasteiger charge is -2.27. The van der Waals surface area contributed by atoms with Gasteiger partial charge in [0.1, 0.15) is 18.2 Å². The molecule has 1 aliphatic carbocycles. The first-order valence-electron chi connectivity index (χ1n) is 11.4. The van der Waals surface area contributed by atoms with Crippen LogP contribution in [0.3, 0.4) is 0 Å². The highest BCUT2D eigenvalue weighted by atomic mass is 35.5. The number of carbonyl (C=O) groups is 1. The Bertz CT molecular complexity index is 1170. The van der Waals surface area contributed by atoms with Gasteiger partial charge in [-0.15, -0.1) is 0 Å². The average molecular weight is 486 g/mol. The molecule has 9 heteroatoms. The summed E-state index contributed by atoms with van der Waals surface area (Å²) in [5.74, 6) is 1.92. The predicted octanol–water partition coefficient (Wildman–Crippen LogP) is 6.39. The van der Waals surface area contributed by atoms with E-state index in [0.29, 0.717) is 51.3 Å². The second kappa shape index (κ2) is 10.8. The zero-order valence-electron chi connectivity index (χ0n) is 19.5.